The molecule has 138 valence electrons. The van der Waals surface area contributed by atoms with Crippen LogP contribution in [-0.2, 0) is 22.5 Å². The summed E-state index contributed by atoms with van der Waals surface area (Å²) in [6.07, 6.45) is 6.86. The van der Waals surface area contributed by atoms with Gasteiger partial charge in [0.25, 0.3) is 0 Å². The number of likely N-dealkylation sites (tertiary alicyclic amines) is 1. The van der Waals surface area contributed by atoms with E-state index in [0.717, 1.165) is 44.5 Å². The molecule has 0 radical (unpaired) electrons. The van der Waals surface area contributed by atoms with E-state index < -0.39 is 0 Å². The zero-order valence-electron chi connectivity index (χ0n) is 15.8. The van der Waals surface area contributed by atoms with Crippen LogP contribution in [0.2, 0.25) is 0 Å². The van der Waals surface area contributed by atoms with E-state index in [9.17, 15) is 4.79 Å². The van der Waals surface area contributed by atoms with Gasteiger partial charge in [0.05, 0.1) is 12.5 Å². The molecule has 0 aliphatic carbocycles. The third-order valence-corrected chi connectivity index (χ3v) is 5.02. The smallest absolute Gasteiger partial charge is 0.310 e. The van der Waals surface area contributed by atoms with Crippen LogP contribution >= 0.6 is 0 Å². The molecule has 0 saturated carbocycles. The van der Waals surface area contributed by atoms with Gasteiger partial charge in [0.15, 0.2) is 0 Å². The van der Waals surface area contributed by atoms with Crippen molar-refractivity contribution in [3.05, 3.63) is 53.9 Å². The summed E-state index contributed by atoms with van der Waals surface area (Å²) in [5.41, 5.74) is 4.87. The molecule has 1 aromatic carbocycles. The molecule has 1 aliphatic rings. The van der Waals surface area contributed by atoms with Gasteiger partial charge in [-0.25, -0.2) is 0 Å². The Morgan fingerprint density at radius 1 is 1.15 bits per heavy atom. The average Bonchev–Trinajstić information content (AvgIpc) is 2.69. The molecule has 0 bridgehead atoms. The van der Waals surface area contributed by atoms with Gasteiger partial charge in [-0.05, 0) is 55.5 Å². The van der Waals surface area contributed by atoms with E-state index in [1.807, 2.05) is 19.3 Å². The molecule has 0 N–H and O–H groups in total. The zero-order valence-corrected chi connectivity index (χ0v) is 15.8. The lowest BCUT2D eigenvalue weighted by atomic mass is 9.97. The second-order valence-electron chi connectivity index (χ2n) is 6.96. The van der Waals surface area contributed by atoms with Crippen molar-refractivity contribution in [2.75, 3.05) is 19.7 Å². The van der Waals surface area contributed by atoms with Gasteiger partial charge in [-0.3, -0.25) is 14.7 Å². The molecule has 0 amide bonds. The first kappa shape index (κ1) is 18.6. The van der Waals surface area contributed by atoms with Crippen molar-refractivity contribution >= 4 is 5.97 Å². The Bertz CT molecular complexity index is 727. The molecule has 0 unspecified atom stereocenters. The zero-order chi connectivity index (χ0) is 18.4. The van der Waals surface area contributed by atoms with E-state index in [1.165, 1.54) is 16.7 Å². The lowest BCUT2D eigenvalue weighted by Gasteiger charge is -2.31. The van der Waals surface area contributed by atoms with Crippen molar-refractivity contribution < 1.29 is 9.53 Å². The maximum atomic E-state index is 12.0. The standard InChI is InChI=1S/C22H28N2O2/c1-3-17-7-9-19(10-8-17)21-12-18(13-23-14-21)15-24-11-5-6-20(16-24)22(25)26-4-2/h7-10,12-14,20H,3-6,11,15-16H2,1-2H3/t20-/m1/s1. The quantitative estimate of drug-likeness (QED) is 0.735. The minimum atomic E-state index is -0.0555. The number of piperidine rings is 1. The van der Waals surface area contributed by atoms with Crippen molar-refractivity contribution in [2.45, 2.75) is 39.7 Å². The normalized spacial score (nSPS) is 17.8. The maximum Gasteiger partial charge on any atom is 0.310 e. The van der Waals surface area contributed by atoms with Crippen LogP contribution in [0.1, 0.15) is 37.8 Å². The molecular formula is C22H28N2O2. The number of rotatable bonds is 6. The Hall–Kier alpha value is -2.20. The Labute approximate surface area is 156 Å². The summed E-state index contributed by atoms with van der Waals surface area (Å²) in [5.74, 6) is -0.0541. The van der Waals surface area contributed by atoms with Crippen LogP contribution in [0.3, 0.4) is 0 Å². The Morgan fingerprint density at radius 3 is 2.69 bits per heavy atom. The van der Waals surface area contributed by atoms with Crippen LogP contribution in [0.15, 0.2) is 42.7 Å². The molecule has 4 nitrogen and oxygen atoms in total. The minimum Gasteiger partial charge on any atom is -0.466 e. The van der Waals surface area contributed by atoms with Crippen molar-refractivity contribution in [3.8, 4) is 11.1 Å². The van der Waals surface area contributed by atoms with E-state index >= 15 is 0 Å². The van der Waals surface area contributed by atoms with Gasteiger partial charge in [-0.1, -0.05) is 31.2 Å². The number of pyridine rings is 1. The molecule has 4 heteroatoms. The van der Waals surface area contributed by atoms with E-state index in [1.54, 1.807) is 0 Å². The van der Waals surface area contributed by atoms with E-state index in [2.05, 4.69) is 47.1 Å². The largest absolute Gasteiger partial charge is 0.466 e. The maximum absolute atomic E-state index is 12.0. The fourth-order valence-electron chi connectivity index (χ4n) is 3.57. The van der Waals surface area contributed by atoms with Crippen molar-refractivity contribution in [3.63, 3.8) is 0 Å². The lowest BCUT2D eigenvalue weighted by Crippen LogP contribution is -2.38. The van der Waals surface area contributed by atoms with Crippen molar-refractivity contribution in [1.82, 2.24) is 9.88 Å². The minimum absolute atomic E-state index is 0.00132. The number of benzene rings is 1. The fourth-order valence-corrected chi connectivity index (χ4v) is 3.57. The van der Waals surface area contributed by atoms with Crippen LogP contribution in [0.5, 0.6) is 0 Å². The van der Waals surface area contributed by atoms with Crippen LogP contribution < -0.4 is 0 Å². The number of hydrogen-bond donors (Lipinski definition) is 0. The number of esters is 1. The van der Waals surface area contributed by atoms with Gasteiger partial charge < -0.3 is 4.74 Å². The SMILES string of the molecule is CCOC(=O)[C@@H]1CCCN(Cc2cncc(-c3ccc(CC)cc3)c2)C1. The first-order valence-electron chi connectivity index (χ1n) is 9.61. The van der Waals surface area contributed by atoms with Crippen LogP contribution in [-0.4, -0.2) is 35.5 Å². The summed E-state index contributed by atoms with van der Waals surface area (Å²) in [6, 6.07) is 10.9. The summed E-state index contributed by atoms with van der Waals surface area (Å²) in [7, 11) is 0. The first-order valence-corrected chi connectivity index (χ1v) is 9.61. The molecule has 1 fully saturated rings. The second-order valence-corrected chi connectivity index (χ2v) is 6.96. The summed E-state index contributed by atoms with van der Waals surface area (Å²) < 4.78 is 5.20. The topological polar surface area (TPSA) is 42.4 Å². The van der Waals surface area contributed by atoms with E-state index in [4.69, 9.17) is 4.74 Å². The highest BCUT2D eigenvalue weighted by molar-refractivity contribution is 5.72. The average molecular weight is 352 g/mol. The Kier molecular flexibility index (Phi) is 6.40. The summed E-state index contributed by atoms with van der Waals surface area (Å²) in [6.45, 7) is 7.10. The molecule has 1 aliphatic heterocycles. The fraction of sp³-hybridized carbons (Fsp3) is 0.455. The predicted octanol–water partition coefficient (Wildman–Crippen LogP) is 4.09. The number of ether oxygens (including phenoxy) is 1. The number of hydrogen-bond acceptors (Lipinski definition) is 4. The predicted molar refractivity (Wildman–Crippen MR) is 104 cm³/mol. The second kappa shape index (κ2) is 8.95. The van der Waals surface area contributed by atoms with Crippen LogP contribution in [0.4, 0.5) is 0 Å². The molecule has 1 atom stereocenters. The van der Waals surface area contributed by atoms with Crippen molar-refractivity contribution in [2.24, 2.45) is 5.92 Å². The molecule has 3 rings (SSSR count). The Morgan fingerprint density at radius 2 is 1.96 bits per heavy atom. The highest BCUT2D eigenvalue weighted by Crippen LogP contribution is 2.23. The van der Waals surface area contributed by atoms with Gasteiger partial charge in [-0.2, -0.15) is 0 Å². The number of carbonyl (C=O) groups is 1. The van der Waals surface area contributed by atoms with Gasteiger partial charge in [0, 0.05) is 31.0 Å². The molecular weight excluding hydrogens is 324 g/mol. The third kappa shape index (κ3) is 4.70. The highest BCUT2D eigenvalue weighted by atomic mass is 16.5. The molecule has 2 aromatic rings. The molecule has 1 aromatic heterocycles. The summed E-state index contributed by atoms with van der Waals surface area (Å²) in [5, 5.41) is 0. The van der Waals surface area contributed by atoms with E-state index in [-0.39, 0.29) is 11.9 Å². The van der Waals surface area contributed by atoms with Gasteiger partial charge >= 0.3 is 5.97 Å². The third-order valence-electron chi connectivity index (χ3n) is 5.02. The van der Waals surface area contributed by atoms with Crippen molar-refractivity contribution in [1.29, 1.82) is 0 Å². The molecule has 2 heterocycles. The summed E-state index contributed by atoms with van der Waals surface area (Å²) in [4.78, 5) is 18.8. The first-order chi connectivity index (χ1) is 12.7. The van der Waals surface area contributed by atoms with Gasteiger partial charge in [-0.15, -0.1) is 0 Å². The highest BCUT2D eigenvalue weighted by Gasteiger charge is 2.26. The lowest BCUT2D eigenvalue weighted by molar-refractivity contribution is -0.150. The van der Waals surface area contributed by atoms with E-state index in [0.29, 0.717) is 6.61 Å². The molecule has 0 spiro atoms. The monoisotopic (exact) mass is 352 g/mol. The Balaban J connectivity index is 1.67. The van der Waals surface area contributed by atoms with Gasteiger partial charge in [0.1, 0.15) is 0 Å². The van der Waals surface area contributed by atoms with Gasteiger partial charge in [0.2, 0.25) is 0 Å². The number of carbonyl (C=O) groups excluding carboxylic acids is 1. The number of nitrogens with zero attached hydrogens (tertiary/aromatic N) is 2. The number of aryl methyl sites for hydroxylation is 1. The molecule has 26 heavy (non-hydrogen) atoms. The summed E-state index contributed by atoms with van der Waals surface area (Å²) >= 11 is 0. The number of aromatic nitrogens is 1. The molecule has 1 saturated heterocycles. The van der Waals surface area contributed by atoms with Crippen LogP contribution in [0, 0.1) is 5.92 Å². The van der Waals surface area contributed by atoms with Crippen LogP contribution in [0.25, 0.3) is 11.1 Å².